The first-order chi connectivity index (χ1) is 9.88. The lowest BCUT2D eigenvalue weighted by Gasteiger charge is -2.17. The summed E-state index contributed by atoms with van der Waals surface area (Å²) in [5.74, 6) is 7.19. The van der Waals surface area contributed by atoms with Gasteiger partial charge in [0.25, 0.3) is 0 Å². The summed E-state index contributed by atoms with van der Waals surface area (Å²) in [5, 5.41) is 0. The molecule has 1 saturated carbocycles. The SMILES string of the molecule is NNC(CCCC1CCCO1)C1CC1c1ccccc1. The van der Waals surface area contributed by atoms with Gasteiger partial charge in [-0.1, -0.05) is 30.3 Å². The van der Waals surface area contributed by atoms with Crippen LogP contribution < -0.4 is 11.3 Å². The molecular formula is C17H26N2O. The van der Waals surface area contributed by atoms with Gasteiger partial charge in [-0.2, -0.15) is 0 Å². The molecule has 1 aromatic rings. The summed E-state index contributed by atoms with van der Waals surface area (Å²) in [5.41, 5.74) is 4.52. The fraction of sp³-hybridized carbons (Fsp3) is 0.647. The van der Waals surface area contributed by atoms with E-state index in [1.165, 1.54) is 44.1 Å². The Kier molecular flexibility index (Phi) is 4.71. The topological polar surface area (TPSA) is 47.3 Å². The van der Waals surface area contributed by atoms with Crippen molar-refractivity contribution in [3.8, 4) is 0 Å². The van der Waals surface area contributed by atoms with Crippen LogP contribution >= 0.6 is 0 Å². The largest absolute Gasteiger partial charge is 0.378 e. The number of benzene rings is 1. The first-order valence-corrected chi connectivity index (χ1v) is 8.01. The van der Waals surface area contributed by atoms with Gasteiger partial charge in [-0.3, -0.25) is 11.3 Å². The third-order valence-corrected chi connectivity index (χ3v) is 4.86. The highest BCUT2D eigenvalue weighted by atomic mass is 16.5. The lowest BCUT2D eigenvalue weighted by atomic mass is 9.99. The number of rotatable bonds is 7. The third-order valence-electron chi connectivity index (χ3n) is 4.86. The molecule has 2 aliphatic rings. The monoisotopic (exact) mass is 274 g/mol. The molecule has 3 rings (SSSR count). The third kappa shape index (κ3) is 3.40. The second-order valence-corrected chi connectivity index (χ2v) is 6.26. The maximum atomic E-state index is 5.77. The maximum Gasteiger partial charge on any atom is 0.0576 e. The van der Waals surface area contributed by atoms with Crippen LogP contribution in [0, 0.1) is 5.92 Å². The van der Waals surface area contributed by atoms with E-state index in [0.29, 0.717) is 24.0 Å². The lowest BCUT2D eigenvalue weighted by molar-refractivity contribution is 0.101. The van der Waals surface area contributed by atoms with E-state index in [2.05, 4.69) is 35.8 Å². The zero-order valence-corrected chi connectivity index (χ0v) is 12.1. The van der Waals surface area contributed by atoms with Gasteiger partial charge in [0.05, 0.1) is 6.10 Å². The van der Waals surface area contributed by atoms with Crippen molar-refractivity contribution in [3.05, 3.63) is 35.9 Å². The molecule has 3 N–H and O–H groups in total. The number of hydrazine groups is 1. The van der Waals surface area contributed by atoms with E-state index in [4.69, 9.17) is 10.6 Å². The molecule has 4 unspecified atom stereocenters. The molecule has 0 amide bonds. The summed E-state index contributed by atoms with van der Waals surface area (Å²) in [6.07, 6.45) is 7.86. The second-order valence-electron chi connectivity index (χ2n) is 6.26. The molecule has 110 valence electrons. The van der Waals surface area contributed by atoms with Crippen LogP contribution in [0.25, 0.3) is 0 Å². The van der Waals surface area contributed by atoms with E-state index in [9.17, 15) is 0 Å². The quantitative estimate of drug-likeness (QED) is 0.593. The fourth-order valence-electron chi connectivity index (χ4n) is 3.60. The molecule has 1 aromatic carbocycles. The molecule has 2 fully saturated rings. The van der Waals surface area contributed by atoms with Crippen LogP contribution in [-0.4, -0.2) is 18.8 Å². The molecule has 3 nitrogen and oxygen atoms in total. The van der Waals surface area contributed by atoms with Crippen molar-refractivity contribution in [2.75, 3.05) is 6.61 Å². The standard InChI is InChI=1S/C17H26N2O/c18-19-17(10-4-8-14-9-5-11-20-14)16-12-15(16)13-6-2-1-3-7-13/h1-3,6-7,14-17,19H,4-5,8-12,18H2. The first-order valence-electron chi connectivity index (χ1n) is 8.01. The highest BCUT2D eigenvalue weighted by Gasteiger charge is 2.43. The summed E-state index contributed by atoms with van der Waals surface area (Å²) in [6.45, 7) is 0.960. The molecular weight excluding hydrogens is 248 g/mol. The summed E-state index contributed by atoms with van der Waals surface area (Å²) < 4.78 is 5.68. The minimum absolute atomic E-state index is 0.460. The molecule has 1 heterocycles. The fourth-order valence-corrected chi connectivity index (χ4v) is 3.60. The van der Waals surface area contributed by atoms with Crippen molar-refractivity contribution >= 4 is 0 Å². The Morgan fingerprint density at radius 1 is 1.30 bits per heavy atom. The Labute approximate surface area is 121 Å². The molecule has 1 aliphatic heterocycles. The first kappa shape index (κ1) is 14.1. The van der Waals surface area contributed by atoms with Gasteiger partial charge >= 0.3 is 0 Å². The van der Waals surface area contributed by atoms with E-state index < -0.39 is 0 Å². The molecule has 0 aromatic heterocycles. The number of hydrogen-bond donors (Lipinski definition) is 2. The van der Waals surface area contributed by atoms with Crippen molar-refractivity contribution in [1.29, 1.82) is 0 Å². The van der Waals surface area contributed by atoms with Crippen molar-refractivity contribution in [2.45, 2.75) is 56.6 Å². The minimum Gasteiger partial charge on any atom is -0.378 e. The van der Waals surface area contributed by atoms with Crippen LogP contribution in [0.3, 0.4) is 0 Å². The normalized spacial score (nSPS) is 30.4. The zero-order chi connectivity index (χ0) is 13.8. The predicted octanol–water partition coefficient (Wildman–Crippen LogP) is 2.97. The molecule has 4 atom stereocenters. The van der Waals surface area contributed by atoms with E-state index in [1.54, 1.807) is 0 Å². The highest BCUT2D eigenvalue weighted by Crippen LogP contribution is 2.50. The molecule has 0 bridgehead atoms. The van der Waals surface area contributed by atoms with Crippen LogP contribution in [0.5, 0.6) is 0 Å². The smallest absolute Gasteiger partial charge is 0.0576 e. The molecule has 1 saturated heterocycles. The van der Waals surface area contributed by atoms with Gasteiger partial charge in [0, 0.05) is 12.6 Å². The van der Waals surface area contributed by atoms with Crippen molar-refractivity contribution in [3.63, 3.8) is 0 Å². The van der Waals surface area contributed by atoms with E-state index in [1.807, 2.05) is 0 Å². The average molecular weight is 274 g/mol. The van der Waals surface area contributed by atoms with Crippen molar-refractivity contribution < 1.29 is 4.74 Å². The Hall–Kier alpha value is -0.900. The van der Waals surface area contributed by atoms with Crippen molar-refractivity contribution in [1.82, 2.24) is 5.43 Å². The van der Waals surface area contributed by atoms with Gasteiger partial charge in [-0.25, -0.2) is 0 Å². The second kappa shape index (κ2) is 6.70. The Morgan fingerprint density at radius 2 is 2.15 bits per heavy atom. The van der Waals surface area contributed by atoms with Gasteiger partial charge in [-0.05, 0) is 55.9 Å². The van der Waals surface area contributed by atoms with Crippen LogP contribution in [0.15, 0.2) is 30.3 Å². The zero-order valence-electron chi connectivity index (χ0n) is 12.1. The molecule has 0 spiro atoms. The lowest BCUT2D eigenvalue weighted by Crippen LogP contribution is -2.37. The average Bonchev–Trinajstić information content (AvgIpc) is 3.12. The van der Waals surface area contributed by atoms with Gasteiger partial charge in [0.2, 0.25) is 0 Å². The van der Waals surface area contributed by atoms with Crippen LogP contribution in [-0.2, 0) is 4.74 Å². The van der Waals surface area contributed by atoms with Crippen LogP contribution in [0.1, 0.15) is 50.0 Å². The number of nitrogens with one attached hydrogen (secondary N) is 1. The maximum absolute atomic E-state index is 5.77. The number of hydrogen-bond acceptors (Lipinski definition) is 3. The Bertz CT molecular complexity index is 403. The summed E-state index contributed by atoms with van der Waals surface area (Å²) in [6, 6.07) is 11.3. The van der Waals surface area contributed by atoms with E-state index in [-0.39, 0.29) is 0 Å². The van der Waals surface area contributed by atoms with Crippen LogP contribution in [0.4, 0.5) is 0 Å². The highest BCUT2D eigenvalue weighted by molar-refractivity contribution is 5.26. The molecule has 0 radical (unpaired) electrons. The summed E-state index contributed by atoms with van der Waals surface area (Å²) >= 11 is 0. The van der Waals surface area contributed by atoms with Crippen LogP contribution in [0.2, 0.25) is 0 Å². The van der Waals surface area contributed by atoms with Crippen molar-refractivity contribution in [2.24, 2.45) is 11.8 Å². The molecule has 20 heavy (non-hydrogen) atoms. The summed E-state index contributed by atoms with van der Waals surface area (Å²) in [4.78, 5) is 0. The van der Waals surface area contributed by atoms with Gasteiger partial charge in [0.15, 0.2) is 0 Å². The van der Waals surface area contributed by atoms with Gasteiger partial charge < -0.3 is 4.74 Å². The Morgan fingerprint density at radius 3 is 2.85 bits per heavy atom. The van der Waals surface area contributed by atoms with E-state index in [0.717, 1.165) is 6.61 Å². The van der Waals surface area contributed by atoms with Gasteiger partial charge in [-0.15, -0.1) is 0 Å². The van der Waals surface area contributed by atoms with Gasteiger partial charge in [0.1, 0.15) is 0 Å². The summed E-state index contributed by atoms with van der Waals surface area (Å²) in [7, 11) is 0. The Balaban J connectivity index is 1.43. The van der Waals surface area contributed by atoms with E-state index >= 15 is 0 Å². The molecule has 3 heteroatoms. The minimum atomic E-state index is 0.460. The number of nitrogens with two attached hydrogens (primary N) is 1. The predicted molar refractivity (Wildman–Crippen MR) is 81.2 cm³/mol. The number of ether oxygens (including phenoxy) is 1. The molecule has 1 aliphatic carbocycles.